The first kappa shape index (κ1) is 12.8. The van der Waals surface area contributed by atoms with Gasteiger partial charge in [-0.25, -0.2) is 0 Å². The van der Waals surface area contributed by atoms with E-state index in [0.29, 0.717) is 25.2 Å². The molecule has 4 heteroatoms. The van der Waals surface area contributed by atoms with E-state index in [4.69, 9.17) is 9.47 Å². The molecular formula is C15H21NO3. The van der Waals surface area contributed by atoms with E-state index < -0.39 is 0 Å². The number of aliphatic hydroxyl groups is 1. The number of hydrogen-bond donors (Lipinski definition) is 2. The summed E-state index contributed by atoms with van der Waals surface area (Å²) >= 11 is 0. The van der Waals surface area contributed by atoms with Gasteiger partial charge in [-0.1, -0.05) is 18.6 Å². The van der Waals surface area contributed by atoms with Crippen LogP contribution in [-0.4, -0.2) is 25.1 Å². The molecule has 1 fully saturated rings. The Morgan fingerprint density at radius 2 is 2.11 bits per heavy atom. The fourth-order valence-corrected chi connectivity index (χ4v) is 3.14. The Morgan fingerprint density at radius 3 is 3.00 bits per heavy atom. The zero-order valence-electron chi connectivity index (χ0n) is 11.1. The molecule has 4 nitrogen and oxygen atoms in total. The summed E-state index contributed by atoms with van der Waals surface area (Å²) in [7, 11) is 0. The fourth-order valence-electron chi connectivity index (χ4n) is 3.14. The number of rotatable bonds is 5. The summed E-state index contributed by atoms with van der Waals surface area (Å²) in [4.78, 5) is 0. The summed E-state index contributed by atoms with van der Waals surface area (Å²) in [5.41, 5.74) is 1.15. The van der Waals surface area contributed by atoms with E-state index in [1.165, 1.54) is 19.3 Å². The Bertz CT molecular complexity index is 435. The van der Waals surface area contributed by atoms with Gasteiger partial charge in [-0.05, 0) is 37.3 Å². The van der Waals surface area contributed by atoms with E-state index in [2.05, 4.69) is 11.4 Å². The zero-order valence-corrected chi connectivity index (χ0v) is 11.1. The predicted octanol–water partition coefficient (Wildman–Crippen LogP) is 1.91. The lowest BCUT2D eigenvalue weighted by molar-refractivity contribution is 0.173. The zero-order chi connectivity index (χ0) is 13.1. The van der Waals surface area contributed by atoms with E-state index in [9.17, 15) is 5.11 Å². The molecule has 2 unspecified atom stereocenters. The minimum absolute atomic E-state index is 0.321. The third kappa shape index (κ3) is 2.69. The van der Waals surface area contributed by atoms with Crippen molar-refractivity contribution < 1.29 is 14.6 Å². The number of aliphatic hydroxyl groups excluding tert-OH is 1. The van der Waals surface area contributed by atoms with E-state index in [1.54, 1.807) is 0 Å². The van der Waals surface area contributed by atoms with E-state index >= 15 is 0 Å². The van der Waals surface area contributed by atoms with Gasteiger partial charge in [0, 0.05) is 18.7 Å². The van der Waals surface area contributed by atoms with Crippen LogP contribution in [-0.2, 0) is 6.54 Å². The number of benzene rings is 1. The Morgan fingerprint density at radius 1 is 1.21 bits per heavy atom. The number of ether oxygens (including phenoxy) is 2. The van der Waals surface area contributed by atoms with Crippen molar-refractivity contribution in [2.24, 2.45) is 11.8 Å². The SMILES string of the molecule is OCC1CCCC1CNCc1cccc2c1OCO2. The summed E-state index contributed by atoms with van der Waals surface area (Å²) in [5, 5.41) is 12.8. The van der Waals surface area contributed by atoms with Gasteiger partial charge in [-0.2, -0.15) is 0 Å². The highest BCUT2D eigenvalue weighted by Crippen LogP contribution is 2.35. The molecule has 2 N–H and O–H groups in total. The van der Waals surface area contributed by atoms with Crippen molar-refractivity contribution in [3.63, 3.8) is 0 Å². The molecule has 3 rings (SSSR count). The van der Waals surface area contributed by atoms with Gasteiger partial charge in [0.15, 0.2) is 11.5 Å². The lowest BCUT2D eigenvalue weighted by atomic mass is 9.97. The second kappa shape index (κ2) is 5.80. The van der Waals surface area contributed by atoms with Crippen LogP contribution in [0.15, 0.2) is 18.2 Å². The Kier molecular flexibility index (Phi) is 3.89. The number of nitrogens with one attached hydrogen (secondary N) is 1. The van der Waals surface area contributed by atoms with E-state index in [0.717, 1.165) is 30.2 Å². The summed E-state index contributed by atoms with van der Waals surface area (Å²) in [6.45, 7) is 2.41. The molecule has 0 saturated heterocycles. The van der Waals surface area contributed by atoms with Gasteiger partial charge < -0.3 is 19.9 Å². The normalized spacial score (nSPS) is 24.9. The van der Waals surface area contributed by atoms with Crippen molar-refractivity contribution in [1.29, 1.82) is 0 Å². The van der Waals surface area contributed by atoms with Gasteiger partial charge in [0.2, 0.25) is 6.79 Å². The van der Waals surface area contributed by atoms with E-state index in [-0.39, 0.29) is 0 Å². The molecule has 0 amide bonds. The quantitative estimate of drug-likeness (QED) is 0.852. The molecule has 2 atom stereocenters. The van der Waals surface area contributed by atoms with Crippen LogP contribution in [0, 0.1) is 11.8 Å². The topological polar surface area (TPSA) is 50.7 Å². The van der Waals surface area contributed by atoms with Gasteiger partial charge in [0.1, 0.15) is 0 Å². The van der Waals surface area contributed by atoms with Crippen molar-refractivity contribution in [2.75, 3.05) is 19.9 Å². The molecule has 1 aromatic rings. The molecule has 1 aliphatic carbocycles. The largest absolute Gasteiger partial charge is 0.454 e. The molecule has 19 heavy (non-hydrogen) atoms. The van der Waals surface area contributed by atoms with Crippen LogP contribution in [0.3, 0.4) is 0 Å². The Labute approximate surface area is 113 Å². The average molecular weight is 263 g/mol. The average Bonchev–Trinajstić information content (AvgIpc) is 3.07. The minimum atomic E-state index is 0.321. The molecule has 104 valence electrons. The van der Waals surface area contributed by atoms with Crippen molar-refractivity contribution in [3.8, 4) is 11.5 Å². The summed E-state index contributed by atoms with van der Waals surface area (Å²) in [6, 6.07) is 6.00. The maximum atomic E-state index is 9.32. The molecule has 2 aliphatic rings. The van der Waals surface area contributed by atoms with Gasteiger partial charge in [-0.3, -0.25) is 0 Å². The second-order valence-corrected chi connectivity index (χ2v) is 5.42. The maximum Gasteiger partial charge on any atom is 0.231 e. The summed E-state index contributed by atoms with van der Waals surface area (Å²) < 4.78 is 10.9. The maximum absolute atomic E-state index is 9.32. The molecule has 1 aliphatic heterocycles. The van der Waals surface area contributed by atoms with Crippen molar-refractivity contribution in [1.82, 2.24) is 5.32 Å². The minimum Gasteiger partial charge on any atom is -0.454 e. The van der Waals surface area contributed by atoms with Gasteiger partial charge in [-0.15, -0.1) is 0 Å². The molecule has 0 radical (unpaired) electrons. The van der Waals surface area contributed by atoms with Gasteiger partial charge in [0.25, 0.3) is 0 Å². The molecule has 0 aromatic heterocycles. The van der Waals surface area contributed by atoms with Crippen LogP contribution >= 0.6 is 0 Å². The smallest absolute Gasteiger partial charge is 0.231 e. The first-order valence-electron chi connectivity index (χ1n) is 7.07. The molecule has 0 bridgehead atoms. The van der Waals surface area contributed by atoms with Crippen molar-refractivity contribution in [3.05, 3.63) is 23.8 Å². The lowest BCUT2D eigenvalue weighted by Gasteiger charge is -2.18. The summed E-state index contributed by atoms with van der Waals surface area (Å²) in [6.07, 6.45) is 3.64. The molecule has 0 spiro atoms. The van der Waals surface area contributed by atoms with Crippen LogP contribution in [0.5, 0.6) is 11.5 Å². The van der Waals surface area contributed by atoms with Crippen LogP contribution in [0.2, 0.25) is 0 Å². The van der Waals surface area contributed by atoms with Crippen molar-refractivity contribution >= 4 is 0 Å². The molecule has 1 aromatic carbocycles. The van der Waals surface area contributed by atoms with E-state index in [1.807, 2.05) is 12.1 Å². The van der Waals surface area contributed by atoms with Crippen LogP contribution in [0.4, 0.5) is 0 Å². The number of hydrogen-bond acceptors (Lipinski definition) is 4. The Balaban J connectivity index is 1.54. The Hall–Kier alpha value is -1.26. The lowest BCUT2D eigenvalue weighted by Crippen LogP contribution is -2.26. The predicted molar refractivity (Wildman–Crippen MR) is 72.2 cm³/mol. The third-order valence-electron chi connectivity index (χ3n) is 4.25. The van der Waals surface area contributed by atoms with Crippen molar-refractivity contribution in [2.45, 2.75) is 25.8 Å². The molecule has 1 heterocycles. The highest BCUT2D eigenvalue weighted by Gasteiger charge is 2.26. The highest BCUT2D eigenvalue weighted by molar-refractivity contribution is 5.48. The second-order valence-electron chi connectivity index (χ2n) is 5.42. The standard InChI is InChI=1S/C15H21NO3/c17-9-13-5-1-3-11(13)7-16-8-12-4-2-6-14-15(12)19-10-18-14/h2,4,6,11,13,16-17H,1,3,5,7-10H2. The van der Waals surface area contributed by atoms with Gasteiger partial charge in [0.05, 0.1) is 0 Å². The first-order valence-corrected chi connectivity index (χ1v) is 7.07. The third-order valence-corrected chi connectivity index (χ3v) is 4.25. The van der Waals surface area contributed by atoms with Crippen LogP contribution in [0.1, 0.15) is 24.8 Å². The van der Waals surface area contributed by atoms with Gasteiger partial charge >= 0.3 is 0 Å². The highest BCUT2D eigenvalue weighted by atomic mass is 16.7. The first-order chi connectivity index (χ1) is 9.38. The molecular weight excluding hydrogens is 242 g/mol. The molecule has 1 saturated carbocycles. The monoisotopic (exact) mass is 263 g/mol. The summed E-state index contributed by atoms with van der Waals surface area (Å²) in [5.74, 6) is 2.81. The van der Waals surface area contributed by atoms with Crippen LogP contribution in [0.25, 0.3) is 0 Å². The fraction of sp³-hybridized carbons (Fsp3) is 0.600. The number of fused-ring (bicyclic) bond motifs is 1. The number of para-hydroxylation sites is 1. The van der Waals surface area contributed by atoms with Crippen LogP contribution < -0.4 is 14.8 Å².